The van der Waals surface area contributed by atoms with E-state index in [1.54, 1.807) is 6.20 Å². The average Bonchev–Trinajstić information content (AvgIpc) is 3.88. The molecule has 332 valence electrons. The van der Waals surface area contributed by atoms with Crippen LogP contribution in [0.15, 0.2) is 90.4 Å². The van der Waals surface area contributed by atoms with Gasteiger partial charge in [-0.15, -0.1) is 11.3 Å². The first-order valence-electron chi connectivity index (χ1n) is 20.9. The number of benzene rings is 3. The Kier molecular flexibility index (Phi) is 15.5. The van der Waals surface area contributed by atoms with E-state index in [0.717, 1.165) is 32.1 Å². The van der Waals surface area contributed by atoms with E-state index in [1.165, 1.54) is 18.3 Å². The number of H-pyrrole nitrogens is 1. The zero-order valence-corrected chi connectivity index (χ0v) is 35.8. The lowest BCUT2D eigenvalue weighted by molar-refractivity contribution is -0.136. The largest absolute Gasteiger partial charge is 0.368 e. The van der Waals surface area contributed by atoms with Gasteiger partial charge in [-0.3, -0.25) is 28.8 Å². The van der Waals surface area contributed by atoms with Crippen LogP contribution >= 0.6 is 11.3 Å². The summed E-state index contributed by atoms with van der Waals surface area (Å²) in [6, 6.07) is 18.7. The fraction of sp³-hybridized carbons (Fsp3) is 0.356. The molecule has 3 aromatic carbocycles. The summed E-state index contributed by atoms with van der Waals surface area (Å²) in [7, 11) is 0. The van der Waals surface area contributed by atoms with Crippen molar-refractivity contribution in [2.45, 2.75) is 81.6 Å². The number of nitrogens with two attached hydrogens (primary N) is 2. The molecule has 8 amide bonds. The van der Waals surface area contributed by atoms with Gasteiger partial charge in [-0.05, 0) is 78.4 Å². The molecule has 0 bridgehead atoms. The number of aromatic nitrogens is 1. The summed E-state index contributed by atoms with van der Waals surface area (Å²) >= 11 is 1.48. The van der Waals surface area contributed by atoms with Crippen molar-refractivity contribution in [3.63, 3.8) is 0 Å². The summed E-state index contributed by atoms with van der Waals surface area (Å²) in [6.45, 7) is 2.32. The summed E-state index contributed by atoms with van der Waals surface area (Å²) in [5, 5.41) is 23.4. The Balaban J connectivity index is 1.32. The summed E-state index contributed by atoms with van der Waals surface area (Å²) in [5.41, 5.74) is 12.8. The molecule has 1 aliphatic heterocycles. The van der Waals surface area contributed by atoms with Crippen molar-refractivity contribution in [1.29, 1.82) is 0 Å². The summed E-state index contributed by atoms with van der Waals surface area (Å²) in [4.78, 5) is 97.2. The van der Waals surface area contributed by atoms with Crippen molar-refractivity contribution >= 4 is 73.8 Å². The van der Waals surface area contributed by atoms with Gasteiger partial charge in [0.05, 0.1) is 0 Å². The Hall–Kier alpha value is -6.79. The van der Waals surface area contributed by atoms with Gasteiger partial charge in [0.1, 0.15) is 29.7 Å². The lowest BCUT2D eigenvalue weighted by Gasteiger charge is -2.36. The number of carbonyl (C=O) groups is 7. The Morgan fingerprint density at radius 1 is 0.683 bits per heavy atom. The smallest absolute Gasteiger partial charge is 0.312 e. The van der Waals surface area contributed by atoms with Crippen LogP contribution in [0, 0.1) is 0 Å². The van der Waals surface area contributed by atoms with Crippen molar-refractivity contribution in [2.75, 3.05) is 19.6 Å². The monoisotopic (exact) mass is 878 g/mol. The van der Waals surface area contributed by atoms with Crippen LogP contribution in [-0.2, 0) is 48.0 Å². The maximum atomic E-state index is 14.7. The minimum Gasteiger partial charge on any atom is -0.368 e. The van der Waals surface area contributed by atoms with Gasteiger partial charge in [-0.2, -0.15) is 0 Å². The molecular weight excluding hydrogens is 825 g/mol. The highest BCUT2D eigenvalue weighted by atomic mass is 32.1. The Bertz CT molecular complexity index is 2430. The third-order valence-corrected chi connectivity index (χ3v) is 12.2. The third kappa shape index (κ3) is 12.2. The van der Waals surface area contributed by atoms with Crippen LogP contribution in [0.5, 0.6) is 0 Å². The van der Waals surface area contributed by atoms with E-state index in [2.05, 4.69) is 42.2 Å². The number of fused-ring (bicyclic) bond motifs is 2. The van der Waals surface area contributed by atoms with Gasteiger partial charge in [0.15, 0.2) is 0 Å². The molecule has 17 nitrogen and oxygen atoms in total. The molecule has 0 aliphatic carbocycles. The topological polar surface area (TPSA) is 272 Å². The predicted molar refractivity (Wildman–Crippen MR) is 240 cm³/mol. The molecule has 12 N–H and O–H groups in total. The molecule has 0 spiro atoms. The molecule has 6 rings (SSSR count). The van der Waals surface area contributed by atoms with Crippen LogP contribution < -0.4 is 48.7 Å². The molecule has 1 aliphatic rings. The Labute approximate surface area is 368 Å². The summed E-state index contributed by atoms with van der Waals surface area (Å²) in [6.07, 6.45) is 2.76. The molecule has 1 saturated heterocycles. The number of carbonyl (C=O) groups excluding carboxylic acids is 7. The summed E-state index contributed by atoms with van der Waals surface area (Å²) in [5.74, 6) is -3.80. The SMILES string of the molecule is CC(=O)N[C@H](CCCNC(N)=O)C(=O)N[C@H](Cc1csc2ccccc12)C(=O)N[C@H](Cc1c[nH]c2ccccc12)C(=O)N[C@@H](Cc1ccccc1)C(=O)NC1(C(N)=O)CCNCC1. The number of para-hydroxylation sites is 1. The number of hydrogen-bond donors (Lipinski definition) is 10. The summed E-state index contributed by atoms with van der Waals surface area (Å²) < 4.78 is 0.970. The van der Waals surface area contributed by atoms with Crippen LogP contribution in [-0.4, -0.2) is 95.8 Å². The second-order valence-corrected chi connectivity index (χ2v) is 16.7. The van der Waals surface area contributed by atoms with Crippen molar-refractivity contribution in [3.05, 3.63) is 107 Å². The van der Waals surface area contributed by atoms with E-state index in [0.29, 0.717) is 18.7 Å². The molecule has 0 unspecified atom stereocenters. The van der Waals surface area contributed by atoms with Gasteiger partial charge >= 0.3 is 6.03 Å². The first kappa shape index (κ1) is 45.7. The molecule has 0 radical (unpaired) electrons. The van der Waals surface area contributed by atoms with Crippen LogP contribution in [0.2, 0.25) is 0 Å². The van der Waals surface area contributed by atoms with Crippen molar-refractivity contribution in [1.82, 2.24) is 42.2 Å². The lowest BCUT2D eigenvalue weighted by atomic mass is 9.87. The van der Waals surface area contributed by atoms with Crippen molar-refractivity contribution < 1.29 is 33.6 Å². The fourth-order valence-electron chi connectivity index (χ4n) is 7.87. The van der Waals surface area contributed by atoms with E-state index < -0.39 is 71.2 Å². The Morgan fingerprint density at radius 2 is 1.27 bits per heavy atom. The number of thiophene rings is 1. The van der Waals surface area contributed by atoms with E-state index >= 15 is 0 Å². The number of urea groups is 1. The van der Waals surface area contributed by atoms with E-state index in [-0.39, 0.29) is 51.5 Å². The van der Waals surface area contributed by atoms with Gasteiger partial charge in [0, 0.05) is 54.5 Å². The number of nitrogens with one attached hydrogen (secondary N) is 8. The fourth-order valence-corrected chi connectivity index (χ4v) is 8.84. The minimum absolute atomic E-state index is 0.0123. The molecule has 4 atom stereocenters. The molecule has 5 aromatic rings. The van der Waals surface area contributed by atoms with Crippen LogP contribution in [0.3, 0.4) is 0 Å². The zero-order chi connectivity index (χ0) is 44.9. The quantitative estimate of drug-likeness (QED) is 0.0512. The second-order valence-electron chi connectivity index (χ2n) is 15.8. The van der Waals surface area contributed by atoms with Crippen LogP contribution in [0.4, 0.5) is 4.79 Å². The molecule has 63 heavy (non-hydrogen) atoms. The number of piperidine rings is 1. The number of aromatic amines is 1. The average molecular weight is 879 g/mol. The first-order valence-corrected chi connectivity index (χ1v) is 21.8. The van der Waals surface area contributed by atoms with Gasteiger partial charge in [-0.25, -0.2) is 4.79 Å². The van der Waals surface area contributed by atoms with E-state index in [9.17, 15) is 33.6 Å². The first-order chi connectivity index (χ1) is 30.3. The van der Waals surface area contributed by atoms with Gasteiger partial charge in [-0.1, -0.05) is 66.7 Å². The highest BCUT2D eigenvalue weighted by molar-refractivity contribution is 7.17. The number of hydrogen-bond acceptors (Lipinski definition) is 9. The molecule has 1 fully saturated rings. The van der Waals surface area contributed by atoms with E-state index in [4.69, 9.17) is 11.5 Å². The number of rotatable bonds is 20. The van der Waals surface area contributed by atoms with E-state index in [1.807, 2.05) is 84.2 Å². The lowest BCUT2D eigenvalue weighted by Crippen LogP contribution is -2.65. The maximum Gasteiger partial charge on any atom is 0.312 e. The normalized spacial score (nSPS) is 15.3. The molecule has 2 aromatic heterocycles. The van der Waals surface area contributed by atoms with Gasteiger partial charge < -0.3 is 53.7 Å². The van der Waals surface area contributed by atoms with Gasteiger partial charge in [0.2, 0.25) is 35.4 Å². The second kappa shape index (κ2) is 21.3. The highest BCUT2D eigenvalue weighted by Gasteiger charge is 2.41. The maximum absolute atomic E-state index is 14.7. The predicted octanol–water partition coefficient (Wildman–Crippen LogP) is 1.54. The Morgan fingerprint density at radius 3 is 1.92 bits per heavy atom. The molecule has 0 saturated carbocycles. The van der Waals surface area contributed by atoms with Crippen LogP contribution in [0.25, 0.3) is 21.0 Å². The van der Waals surface area contributed by atoms with Crippen molar-refractivity contribution in [2.24, 2.45) is 11.5 Å². The number of primary amides is 2. The molecule has 3 heterocycles. The highest BCUT2D eigenvalue weighted by Crippen LogP contribution is 2.27. The zero-order valence-electron chi connectivity index (χ0n) is 35.0. The van der Waals surface area contributed by atoms with Crippen molar-refractivity contribution in [3.8, 4) is 0 Å². The third-order valence-electron chi connectivity index (χ3n) is 11.2. The standard InChI is InChI=1S/C45H54N10O7S/c1-27(56)51-34(15-9-19-49-44(47)62)39(57)53-37(24-30-26-63-38-16-8-6-13-32(30)38)41(59)54-36(23-29-25-50-33-14-7-5-12-31(29)33)40(58)52-35(22-28-10-3-2-4-11-28)42(60)55-45(43(46)61)17-20-48-21-18-45/h2-8,10-14,16,25-26,34-37,48,50H,9,15,17-24H2,1H3,(H2,46,61)(H,51,56)(H,52,58)(H,53,57)(H,54,59)(H,55,60)(H3,47,49,62)/t34-,35+,36-,37-/m1/s1. The minimum atomic E-state index is -1.33. The van der Waals surface area contributed by atoms with Crippen LogP contribution in [0.1, 0.15) is 49.3 Å². The molecule has 18 heteroatoms. The van der Waals surface area contributed by atoms with Gasteiger partial charge in [0.25, 0.3) is 0 Å². The molecular formula is C45H54N10O7S. The number of amides is 8.